The van der Waals surface area contributed by atoms with Crippen LogP contribution in [0.5, 0.6) is 0 Å². The molecular formula is C17H30O7S. The first kappa shape index (κ1) is 24.0. The van der Waals surface area contributed by atoms with Crippen molar-refractivity contribution in [3.8, 4) is 0 Å². The van der Waals surface area contributed by atoms with Gasteiger partial charge in [-0.25, -0.2) is 0 Å². The van der Waals surface area contributed by atoms with Gasteiger partial charge >= 0.3 is 0 Å². The van der Waals surface area contributed by atoms with Crippen molar-refractivity contribution in [2.75, 3.05) is 52.9 Å². The van der Waals surface area contributed by atoms with Gasteiger partial charge in [-0.15, -0.1) is 0 Å². The van der Waals surface area contributed by atoms with E-state index in [1.165, 1.54) is 12.1 Å². The topological polar surface area (TPSA) is 91.3 Å². The van der Waals surface area contributed by atoms with Crippen LogP contribution in [0.2, 0.25) is 0 Å². The van der Waals surface area contributed by atoms with E-state index in [2.05, 4.69) is 0 Å². The second-order valence-corrected chi connectivity index (χ2v) is 6.33. The summed E-state index contributed by atoms with van der Waals surface area (Å²) in [6.07, 6.45) is 0. The number of benzene rings is 1. The van der Waals surface area contributed by atoms with Crippen molar-refractivity contribution in [1.82, 2.24) is 0 Å². The fourth-order valence-corrected chi connectivity index (χ4v) is 2.04. The molecule has 146 valence electrons. The van der Waals surface area contributed by atoms with E-state index in [0.29, 0.717) is 39.6 Å². The number of rotatable bonds is 12. The molecule has 25 heavy (non-hydrogen) atoms. The largest absolute Gasteiger partial charge is 0.379 e. The first-order chi connectivity index (χ1) is 11.9. The Morgan fingerprint density at radius 1 is 0.760 bits per heavy atom. The fourth-order valence-electron chi connectivity index (χ4n) is 1.56. The molecular weight excluding hydrogens is 348 g/mol. The molecule has 0 bridgehead atoms. The van der Waals surface area contributed by atoms with Gasteiger partial charge in [0.05, 0.1) is 44.5 Å². The molecule has 0 unspecified atom stereocenters. The zero-order valence-electron chi connectivity index (χ0n) is 15.3. The van der Waals surface area contributed by atoms with E-state index in [4.69, 9.17) is 23.5 Å². The van der Waals surface area contributed by atoms with Crippen LogP contribution in [0.1, 0.15) is 19.4 Å². The SMILES string of the molecule is CCOCCOCCOCCOCC.Cc1ccc(S(=O)(=O)O)cc1. The summed E-state index contributed by atoms with van der Waals surface area (Å²) in [6, 6.07) is 5.99. The molecule has 0 aliphatic heterocycles. The molecule has 0 heterocycles. The first-order valence-electron chi connectivity index (χ1n) is 8.27. The van der Waals surface area contributed by atoms with Crippen molar-refractivity contribution in [2.24, 2.45) is 0 Å². The molecule has 0 saturated heterocycles. The van der Waals surface area contributed by atoms with Crippen LogP contribution in [0.3, 0.4) is 0 Å². The Labute approximate surface area is 151 Å². The Balaban J connectivity index is 0.000000472. The molecule has 7 nitrogen and oxygen atoms in total. The van der Waals surface area contributed by atoms with Gasteiger partial charge in [0.25, 0.3) is 10.1 Å². The van der Waals surface area contributed by atoms with E-state index < -0.39 is 10.1 Å². The summed E-state index contributed by atoms with van der Waals surface area (Å²) in [4.78, 5) is -0.0666. The average Bonchev–Trinajstić information content (AvgIpc) is 2.57. The summed E-state index contributed by atoms with van der Waals surface area (Å²) in [6.45, 7) is 11.1. The number of aryl methyl sites for hydroxylation is 1. The van der Waals surface area contributed by atoms with Crippen LogP contribution < -0.4 is 0 Å². The van der Waals surface area contributed by atoms with Crippen LogP contribution in [-0.4, -0.2) is 65.8 Å². The van der Waals surface area contributed by atoms with E-state index in [9.17, 15) is 8.42 Å². The highest BCUT2D eigenvalue weighted by Crippen LogP contribution is 2.08. The zero-order valence-corrected chi connectivity index (χ0v) is 16.1. The lowest BCUT2D eigenvalue weighted by molar-refractivity contribution is 0.000930. The molecule has 0 spiro atoms. The molecule has 0 amide bonds. The zero-order chi connectivity index (χ0) is 19.0. The van der Waals surface area contributed by atoms with Gasteiger partial charge in [0.2, 0.25) is 0 Å². The van der Waals surface area contributed by atoms with E-state index in [1.54, 1.807) is 12.1 Å². The molecule has 1 aromatic rings. The predicted octanol–water partition coefficient (Wildman–Crippen LogP) is 2.33. The Morgan fingerprint density at radius 2 is 1.12 bits per heavy atom. The Bertz CT molecular complexity index is 502. The lowest BCUT2D eigenvalue weighted by atomic mass is 10.2. The van der Waals surface area contributed by atoms with Crippen molar-refractivity contribution < 1.29 is 31.9 Å². The van der Waals surface area contributed by atoms with Gasteiger partial charge in [-0.05, 0) is 32.9 Å². The minimum absolute atomic E-state index is 0.0666. The van der Waals surface area contributed by atoms with E-state index >= 15 is 0 Å². The maximum atomic E-state index is 10.5. The van der Waals surface area contributed by atoms with E-state index in [1.807, 2.05) is 20.8 Å². The van der Waals surface area contributed by atoms with Crippen LogP contribution in [0.25, 0.3) is 0 Å². The second kappa shape index (κ2) is 15.2. The lowest BCUT2D eigenvalue weighted by Crippen LogP contribution is -2.11. The summed E-state index contributed by atoms with van der Waals surface area (Å²) in [7, 11) is -4.02. The second-order valence-electron chi connectivity index (χ2n) is 4.91. The minimum Gasteiger partial charge on any atom is -0.379 e. The van der Waals surface area contributed by atoms with E-state index in [-0.39, 0.29) is 4.90 Å². The highest BCUT2D eigenvalue weighted by Gasteiger charge is 2.06. The standard InChI is InChI=1S/C10H22O4.C7H8O3S/c1-3-11-5-7-13-9-10-14-8-6-12-4-2;1-6-2-4-7(5-3-6)11(8,9)10/h3-10H2,1-2H3;2-5H,1H3,(H,8,9,10). The van der Waals surface area contributed by atoms with E-state index in [0.717, 1.165) is 18.8 Å². The third kappa shape index (κ3) is 15.0. The molecule has 0 radical (unpaired) electrons. The van der Waals surface area contributed by atoms with Gasteiger partial charge in [-0.2, -0.15) is 8.42 Å². The first-order valence-corrected chi connectivity index (χ1v) is 9.71. The maximum absolute atomic E-state index is 10.5. The molecule has 0 saturated carbocycles. The highest BCUT2D eigenvalue weighted by molar-refractivity contribution is 7.85. The van der Waals surface area contributed by atoms with Gasteiger partial charge in [0.1, 0.15) is 0 Å². The van der Waals surface area contributed by atoms with Crippen LogP contribution in [-0.2, 0) is 29.1 Å². The molecule has 0 atom stereocenters. The Kier molecular flexibility index (Phi) is 14.6. The summed E-state index contributed by atoms with van der Waals surface area (Å²) < 4.78 is 50.3. The molecule has 0 fully saturated rings. The highest BCUT2D eigenvalue weighted by atomic mass is 32.2. The lowest BCUT2D eigenvalue weighted by Gasteiger charge is -2.05. The predicted molar refractivity (Wildman–Crippen MR) is 95.6 cm³/mol. The third-order valence-corrected chi connectivity index (χ3v) is 3.71. The number of ether oxygens (including phenoxy) is 4. The van der Waals surface area contributed by atoms with Crippen molar-refractivity contribution >= 4 is 10.1 Å². The maximum Gasteiger partial charge on any atom is 0.294 e. The summed E-state index contributed by atoms with van der Waals surface area (Å²) in [5.74, 6) is 0. The Hall–Kier alpha value is -1.03. The van der Waals surface area contributed by atoms with Gasteiger partial charge in [-0.1, -0.05) is 17.7 Å². The van der Waals surface area contributed by atoms with Crippen molar-refractivity contribution in [2.45, 2.75) is 25.7 Å². The molecule has 0 aromatic heterocycles. The normalized spacial score (nSPS) is 11.0. The quantitative estimate of drug-likeness (QED) is 0.441. The van der Waals surface area contributed by atoms with Crippen molar-refractivity contribution in [3.63, 3.8) is 0 Å². The number of hydrogen-bond acceptors (Lipinski definition) is 6. The monoisotopic (exact) mass is 378 g/mol. The molecule has 1 rings (SSSR count). The molecule has 1 aromatic carbocycles. The number of hydrogen-bond donors (Lipinski definition) is 1. The van der Waals surface area contributed by atoms with Crippen LogP contribution in [0.15, 0.2) is 29.2 Å². The summed E-state index contributed by atoms with van der Waals surface area (Å²) >= 11 is 0. The van der Waals surface area contributed by atoms with Crippen LogP contribution >= 0.6 is 0 Å². The summed E-state index contributed by atoms with van der Waals surface area (Å²) in [5.41, 5.74) is 0.956. The molecule has 8 heteroatoms. The minimum atomic E-state index is -4.02. The average molecular weight is 378 g/mol. The van der Waals surface area contributed by atoms with Gasteiger partial charge in [0.15, 0.2) is 0 Å². The van der Waals surface area contributed by atoms with Gasteiger partial charge < -0.3 is 18.9 Å². The molecule has 0 aliphatic carbocycles. The summed E-state index contributed by atoms with van der Waals surface area (Å²) in [5, 5.41) is 0. The Morgan fingerprint density at radius 3 is 1.44 bits per heavy atom. The van der Waals surface area contributed by atoms with Crippen LogP contribution in [0, 0.1) is 6.92 Å². The van der Waals surface area contributed by atoms with Crippen molar-refractivity contribution in [3.05, 3.63) is 29.8 Å². The molecule has 0 aliphatic rings. The third-order valence-electron chi connectivity index (χ3n) is 2.84. The van der Waals surface area contributed by atoms with Crippen LogP contribution in [0.4, 0.5) is 0 Å². The van der Waals surface area contributed by atoms with Gasteiger partial charge in [0, 0.05) is 13.2 Å². The van der Waals surface area contributed by atoms with Crippen molar-refractivity contribution in [1.29, 1.82) is 0 Å². The molecule has 1 N–H and O–H groups in total. The fraction of sp³-hybridized carbons (Fsp3) is 0.647. The smallest absolute Gasteiger partial charge is 0.294 e. The van der Waals surface area contributed by atoms with Gasteiger partial charge in [-0.3, -0.25) is 4.55 Å².